The fourth-order valence-corrected chi connectivity index (χ4v) is 2.82. The fourth-order valence-electron chi connectivity index (χ4n) is 2.82. The molecule has 0 spiro atoms. The molecule has 1 heterocycles. The second kappa shape index (κ2) is 7.46. The first-order chi connectivity index (χ1) is 10.0. The van der Waals surface area contributed by atoms with Crippen LogP contribution >= 0.6 is 0 Å². The first-order valence-electron chi connectivity index (χ1n) is 7.95. The second-order valence-electron chi connectivity index (χ2n) is 6.28. The Balaban J connectivity index is 1.92. The number of amides is 1. The van der Waals surface area contributed by atoms with Crippen molar-refractivity contribution in [3.05, 3.63) is 29.8 Å². The Kier molecular flexibility index (Phi) is 5.62. The van der Waals surface area contributed by atoms with E-state index in [9.17, 15) is 4.79 Å². The number of carbonyl (C=O) groups is 1. The van der Waals surface area contributed by atoms with E-state index in [-0.39, 0.29) is 11.9 Å². The molecule has 0 bridgehead atoms. The van der Waals surface area contributed by atoms with Crippen molar-refractivity contribution in [2.45, 2.75) is 58.2 Å². The van der Waals surface area contributed by atoms with Gasteiger partial charge >= 0.3 is 0 Å². The van der Waals surface area contributed by atoms with Gasteiger partial charge in [-0.2, -0.15) is 0 Å². The maximum Gasteiger partial charge on any atom is 0.251 e. The monoisotopic (exact) mass is 289 g/mol. The average Bonchev–Trinajstić information content (AvgIpc) is 2.91. The molecule has 0 radical (unpaired) electrons. The molecule has 1 aromatic rings. The molecule has 2 rings (SSSR count). The Morgan fingerprint density at radius 3 is 2.86 bits per heavy atom. The lowest BCUT2D eigenvalue weighted by molar-refractivity contribution is 0.0943. The van der Waals surface area contributed by atoms with Crippen molar-refractivity contribution >= 4 is 11.6 Å². The van der Waals surface area contributed by atoms with Crippen LogP contribution in [0.5, 0.6) is 0 Å². The lowest BCUT2D eigenvalue weighted by Gasteiger charge is -2.19. The molecule has 1 aliphatic rings. The number of anilines is 1. The van der Waals surface area contributed by atoms with Crippen LogP contribution in [0.4, 0.5) is 5.69 Å². The summed E-state index contributed by atoms with van der Waals surface area (Å²) in [6.45, 7) is 7.27. The summed E-state index contributed by atoms with van der Waals surface area (Å²) in [6.07, 6.45) is 3.66. The van der Waals surface area contributed by atoms with E-state index in [1.807, 2.05) is 38.1 Å². The first-order valence-corrected chi connectivity index (χ1v) is 7.95. The van der Waals surface area contributed by atoms with Crippen molar-refractivity contribution in [3.8, 4) is 0 Å². The van der Waals surface area contributed by atoms with Crippen LogP contribution < -0.4 is 16.0 Å². The van der Waals surface area contributed by atoms with E-state index in [2.05, 4.69) is 22.9 Å². The van der Waals surface area contributed by atoms with Crippen molar-refractivity contribution in [1.29, 1.82) is 0 Å². The molecule has 2 unspecified atom stereocenters. The summed E-state index contributed by atoms with van der Waals surface area (Å²) in [7, 11) is 0. The maximum absolute atomic E-state index is 12.0. The number of benzene rings is 1. The van der Waals surface area contributed by atoms with Gasteiger partial charge in [0.1, 0.15) is 0 Å². The molecule has 2 atom stereocenters. The van der Waals surface area contributed by atoms with E-state index >= 15 is 0 Å². The molecule has 1 amide bonds. The number of rotatable bonds is 6. The van der Waals surface area contributed by atoms with Gasteiger partial charge in [-0.3, -0.25) is 4.79 Å². The predicted molar refractivity (Wildman–Crippen MR) is 87.8 cm³/mol. The van der Waals surface area contributed by atoms with Gasteiger partial charge in [-0.15, -0.1) is 0 Å². The fraction of sp³-hybridized carbons (Fsp3) is 0.588. The van der Waals surface area contributed by atoms with E-state index in [4.69, 9.17) is 0 Å². The average molecular weight is 289 g/mol. The van der Waals surface area contributed by atoms with E-state index in [0.717, 1.165) is 18.7 Å². The molecule has 1 fully saturated rings. The summed E-state index contributed by atoms with van der Waals surface area (Å²) in [5.74, 6) is -0.0150. The molecule has 21 heavy (non-hydrogen) atoms. The van der Waals surface area contributed by atoms with Crippen LogP contribution in [0.15, 0.2) is 24.3 Å². The summed E-state index contributed by atoms with van der Waals surface area (Å²) in [5, 5.41) is 9.94. The highest BCUT2D eigenvalue weighted by molar-refractivity contribution is 5.95. The predicted octanol–water partition coefficient (Wildman–Crippen LogP) is 2.77. The summed E-state index contributed by atoms with van der Waals surface area (Å²) in [6, 6.07) is 8.90. The van der Waals surface area contributed by atoms with Gasteiger partial charge < -0.3 is 16.0 Å². The molecular weight excluding hydrogens is 262 g/mol. The molecule has 0 aromatic heterocycles. The maximum atomic E-state index is 12.0. The quantitative estimate of drug-likeness (QED) is 0.755. The standard InChI is InChI=1S/C17H27N3O/c1-12(2)19-17(21)14-6-4-7-16(11-14)20-13(3)10-15-8-5-9-18-15/h4,6-7,11-13,15,18,20H,5,8-10H2,1-3H3,(H,19,21). The Morgan fingerprint density at radius 1 is 1.38 bits per heavy atom. The molecule has 1 aliphatic heterocycles. The molecule has 3 N–H and O–H groups in total. The molecule has 1 aromatic carbocycles. The molecular formula is C17H27N3O. The van der Waals surface area contributed by atoms with Crippen molar-refractivity contribution in [1.82, 2.24) is 10.6 Å². The van der Waals surface area contributed by atoms with Gasteiger partial charge in [0.25, 0.3) is 5.91 Å². The highest BCUT2D eigenvalue weighted by Crippen LogP contribution is 2.16. The lowest BCUT2D eigenvalue weighted by Crippen LogP contribution is -2.30. The number of nitrogens with one attached hydrogen (secondary N) is 3. The largest absolute Gasteiger partial charge is 0.383 e. The Labute approximate surface area is 127 Å². The molecule has 0 saturated carbocycles. The highest BCUT2D eigenvalue weighted by atomic mass is 16.1. The zero-order chi connectivity index (χ0) is 15.2. The molecule has 1 saturated heterocycles. The van der Waals surface area contributed by atoms with E-state index in [1.54, 1.807) is 0 Å². The van der Waals surface area contributed by atoms with Gasteiger partial charge in [0, 0.05) is 29.4 Å². The van der Waals surface area contributed by atoms with Gasteiger partial charge in [0.2, 0.25) is 0 Å². The van der Waals surface area contributed by atoms with Gasteiger partial charge in [0.05, 0.1) is 0 Å². The van der Waals surface area contributed by atoms with Crippen molar-refractivity contribution in [2.75, 3.05) is 11.9 Å². The Hall–Kier alpha value is -1.55. The number of hydrogen-bond donors (Lipinski definition) is 3. The number of hydrogen-bond acceptors (Lipinski definition) is 3. The third-order valence-corrected chi connectivity index (χ3v) is 3.76. The zero-order valence-corrected chi connectivity index (χ0v) is 13.3. The van der Waals surface area contributed by atoms with Crippen LogP contribution in [0, 0.1) is 0 Å². The minimum absolute atomic E-state index is 0.0150. The van der Waals surface area contributed by atoms with Gasteiger partial charge in [-0.1, -0.05) is 6.07 Å². The summed E-state index contributed by atoms with van der Waals surface area (Å²) in [4.78, 5) is 12.0. The van der Waals surface area contributed by atoms with E-state index in [1.165, 1.54) is 12.8 Å². The van der Waals surface area contributed by atoms with Crippen LogP contribution in [0.1, 0.15) is 50.4 Å². The van der Waals surface area contributed by atoms with Gasteiger partial charge in [-0.25, -0.2) is 0 Å². The second-order valence-corrected chi connectivity index (χ2v) is 6.28. The van der Waals surface area contributed by atoms with Crippen LogP contribution in [-0.4, -0.2) is 30.6 Å². The smallest absolute Gasteiger partial charge is 0.251 e. The topological polar surface area (TPSA) is 53.2 Å². The van der Waals surface area contributed by atoms with Crippen LogP contribution in [-0.2, 0) is 0 Å². The van der Waals surface area contributed by atoms with Crippen LogP contribution in [0.25, 0.3) is 0 Å². The normalized spacial score (nSPS) is 19.5. The summed E-state index contributed by atoms with van der Waals surface area (Å²) < 4.78 is 0. The number of carbonyl (C=O) groups excluding carboxylic acids is 1. The third-order valence-electron chi connectivity index (χ3n) is 3.76. The van der Waals surface area contributed by atoms with Crippen molar-refractivity contribution in [3.63, 3.8) is 0 Å². The van der Waals surface area contributed by atoms with E-state index in [0.29, 0.717) is 17.6 Å². The molecule has 116 valence electrons. The zero-order valence-electron chi connectivity index (χ0n) is 13.3. The van der Waals surface area contributed by atoms with Gasteiger partial charge in [-0.05, 0) is 64.8 Å². The third kappa shape index (κ3) is 5.05. The highest BCUT2D eigenvalue weighted by Gasteiger charge is 2.17. The van der Waals surface area contributed by atoms with Gasteiger partial charge in [0.15, 0.2) is 0 Å². The minimum Gasteiger partial charge on any atom is -0.383 e. The Bertz CT molecular complexity index is 467. The first kappa shape index (κ1) is 15.8. The lowest BCUT2D eigenvalue weighted by atomic mass is 10.1. The summed E-state index contributed by atoms with van der Waals surface area (Å²) in [5.41, 5.74) is 1.72. The minimum atomic E-state index is -0.0150. The van der Waals surface area contributed by atoms with Crippen molar-refractivity contribution < 1.29 is 4.79 Å². The van der Waals surface area contributed by atoms with Crippen LogP contribution in [0.2, 0.25) is 0 Å². The SMILES string of the molecule is CC(C)NC(=O)c1cccc(NC(C)CC2CCCN2)c1. The van der Waals surface area contributed by atoms with Crippen molar-refractivity contribution in [2.24, 2.45) is 0 Å². The molecule has 0 aliphatic carbocycles. The summed E-state index contributed by atoms with van der Waals surface area (Å²) >= 11 is 0. The van der Waals surface area contributed by atoms with E-state index < -0.39 is 0 Å². The Morgan fingerprint density at radius 2 is 2.19 bits per heavy atom. The molecule has 4 heteroatoms. The molecule has 4 nitrogen and oxygen atoms in total. The van der Waals surface area contributed by atoms with Crippen LogP contribution in [0.3, 0.4) is 0 Å².